The molecule has 8 heteroatoms. The third-order valence-electron chi connectivity index (χ3n) is 4.56. The van der Waals surface area contributed by atoms with Gasteiger partial charge in [-0.1, -0.05) is 23.9 Å². The van der Waals surface area contributed by atoms with Crippen LogP contribution in [0.25, 0.3) is 0 Å². The van der Waals surface area contributed by atoms with E-state index in [4.69, 9.17) is 0 Å². The smallest absolute Gasteiger partial charge is 0.253 e. The van der Waals surface area contributed by atoms with Crippen LogP contribution in [0.1, 0.15) is 15.9 Å². The van der Waals surface area contributed by atoms with Crippen LogP contribution < -0.4 is 4.90 Å². The van der Waals surface area contributed by atoms with Crippen LogP contribution in [0, 0.1) is 0 Å². The van der Waals surface area contributed by atoms with Gasteiger partial charge in [0, 0.05) is 55.6 Å². The molecule has 1 amide bonds. The van der Waals surface area contributed by atoms with Gasteiger partial charge in [-0.15, -0.1) is 0 Å². The molecule has 1 N–H and O–H groups in total. The minimum Gasteiger partial charge on any atom is -0.368 e. The molecule has 3 heterocycles. The number of thioether (sulfide) groups is 1. The number of benzene rings is 1. The highest BCUT2D eigenvalue weighted by atomic mass is 32.2. The second-order valence-electron chi connectivity index (χ2n) is 6.26. The lowest BCUT2D eigenvalue weighted by Gasteiger charge is -2.36. The summed E-state index contributed by atoms with van der Waals surface area (Å²) in [5, 5.41) is 7.46. The molecule has 0 atom stereocenters. The molecule has 27 heavy (non-hydrogen) atoms. The van der Waals surface area contributed by atoms with E-state index in [2.05, 4.69) is 25.1 Å². The van der Waals surface area contributed by atoms with Crippen molar-refractivity contribution in [2.24, 2.45) is 0 Å². The highest BCUT2D eigenvalue weighted by Gasteiger charge is 2.22. The van der Waals surface area contributed by atoms with Crippen molar-refractivity contribution in [1.29, 1.82) is 0 Å². The second-order valence-corrected chi connectivity index (χ2v) is 7.22. The van der Waals surface area contributed by atoms with Crippen molar-refractivity contribution < 1.29 is 4.79 Å². The summed E-state index contributed by atoms with van der Waals surface area (Å²) >= 11 is 1.59. The number of hydrogen-bond donors (Lipinski definition) is 1. The summed E-state index contributed by atoms with van der Waals surface area (Å²) in [4.78, 5) is 25.1. The number of carbonyl (C=O) groups excluding carboxylic acids is 1. The van der Waals surface area contributed by atoms with Crippen molar-refractivity contribution in [3.05, 3.63) is 66.2 Å². The maximum atomic E-state index is 12.8. The first-order chi connectivity index (χ1) is 13.3. The van der Waals surface area contributed by atoms with Crippen LogP contribution in [0.3, 0.4) is 0 Å². The maximum Gasteiger partial charge on any atom is 0.253 e. The number of hydrogen-bond acceptors (Lipinski definition) is 6. The molecule has 7 nitrogen and oxygen atoms in total. The number of aromatic amines is 1. The van der Waals surface area contributed by atoms with Crippen LogP contribution >= 0.6 is 11.8 Å². The Morgan fingerprint density at radius 2 is 1.78 bits per heavy atom. The summed E-state index contributed by atoms with van der Waals surface area (Å²) in [6, 6.07) is 11.8. The molecule has 138 valence electrons. The minimum atomic E-state index is 0.0961. The summed E-state index contributed by atoms with van der Waals surface area (Å²) in [5.41, 5.74) is 3.04. The topological polar surface area (TPSA) is 78.0 Å². The number of amides is 1. The van der Waals surface area contributed by atoms with E-state index in [0.717, 1.165) is 53.9 Å². The van der Waals surface area contributed by atoms with Gasteiger partial charge in [-0.25, -0.2) is 4.98 Å². The van der Waals surface area contributed by atoms with Crippen molar-refractivity contribution in [1.82, 2.24) is 25.1 Å². The zero-order valence-electron chi connectivity index (χ0n) is 14.8. The van der Waals surface area contributed by atoms with Gasteiger partial charge in [0.1, 0.15) is 6.33 Å². The predicted molar refractivity (Wildman–Crippen MR) is 105 cm³/mol. The van der Waals surface area contributed by atoms with Gasteiger partial charge in [-0.05, 0) is 29.8 Å². The molecular formula is C19H20N6OS. The predicted octanol–water partition coefficient (Wildman–Crippen LogP) is 2.45. The van der Waals surface area contributed by atoms with Crippen molar-refractivity contribution in [2.45, 2.75) is 10.9 Å². The first-order valence-corrected chi connectivity index (χ1v) is 9.79. The lowest BCUT2D eigenvalue weighted by atomic mass is 10.1. The minimum absolute atomic E-state index is 0.0961. The number of pyridine rings is 1. The van der Waals surface area contributed by atoms with Crippen molar-refractivity contribution in [2.75, 3.05) is 31.1 Å². The summed E-state index contributed by atoms with van der Waals surface area (Å²) in [6.45, 7) is 3.12. The Hall–Kier alpha value is -2.87. The van der Waals surface area contributed by atoms with Gasteiger partial charge in [0.15, 0.2) is 5.16 Å². The number of nitrogens with zero attached hydrogens (tertiary/aromatic N) is 5. The van der Waals surface area contributed by atoms with E-state index < -0.39 is 0 Å². The summed E-state index contributed by atoms with van der Waals surface area (Å²) in [5.74, 6) is 0.882. The highest BCUT2D eigenvalue weighted by Crippen LogP contribution is 2.20. The molecule has 0 saturated carbocycles. The summed E-state index contributed by atoms with van der Waals surface area (Å²) in [7, 11) is 0. The van der Waals surface area contributed by atoms with Crippen LogP contribution in [0.15, 0.2) is 60.3 Å². The van der Waals surface area contributed by atoms with Gasteiger partial charge in [-0.2, -0.15) is 5.10 Å². The van der Waals surface area contributed by atoms with Gasteiger partial charge < -0.3 is 9.80 Å². The second kappa shape index (κ2) is 8.22. The van der Waals surface area contributed by atoms with Crippen LogP contribution in [0.5, 0.6) is 0 Å². The molecule has 0 bridgehead atoms. The third kappa shape index (κ3) is 4.28. The largest absolute Gasteiger partial charge is 0.368 e. The number of carbonyl (C=O) groups is 1. The fraction of sp³-hybridized carbons (Fsp3) is 0.263. The van der Waals surface area contributed by atoms with Crippen LogP contribution in [-0.4, -0.2) is 57.2 Å². The maximum absolute atomic E-state index is 12.8. The fourth-order valence-electron chi connectivity index (χ4n) is 3.06. The number of anilines is 1. The quantitative estimate of drug-likeness (QED) is 0.685. The molecule has 0 radical (unpaired) electrons. The molecule has 3 aromatic rings. The van der Waals surface area contributed by atoms with Gasteiger partial charge in [0.05, 0.1) is 0 Å². The molecule has 1 aliphatic heterocycles. The molecular weight excluding hydrogens is 360 g/mol. The Morgan fingerprint density at radius 1 is 1.04 bits per heavy atom. The van der Waals surface area contributed by atoms with Crippen LogP contribution in [0.4, 0.5) is 5.69 Å². The molecule has 1 fully saturated rings. The van der Waals surface area contributed by atoms with E-state index in [-0.39, 0.29) is 5.91 Å². The zero-order chi connectivity index (χ0) is 18.5. The molecule has 1 saturated heterocycles. The SMILES string of the molecule is O=C(c1ccc(CSc2ncn[nH]2)cc1)N1CCN(c2ccncc2)CC1. The average molecular weight is 380 g/mol. The number of nitrogens with one attached hydrogen (secondary N) is 1. The number of H-pyrrole nitrogens is 1. The Morgan fingerprint density at radius 3 is 2.44 bits per heavy atom. The van der Waals surface area contributed by atoms with Gasteiger partial charge in [-0.3, -0.25) is 14.9 Å². The summed E-state index contributed by atoms with van der Waals surface area (Å²) in [6.07, 6.45) is 5.10. The van der Waals surface area contributed by atoms with Gasteiger partial charge in [0.2, 0.25) is 0 Å². The van der Waals surface area contributed by atoms with Gasteiger partial charge >= 0.3 is 0 Å². The van der Waals surface area contributed by atoms with Gasteiger partial charge in [0.25, 0.3) is 5.91 Å². The van der Waals surface area contributed by atoms with Crippen molar-refractivity contribution in [3.8, 4) is 0 Å². The van der Waals surface area contributed by atoms with E-state index in [9.17, 15) is 4.79 Å². The Bertz CT molecular complexity index is 861. The molecule has 0 spiro atoms. The standard InChI is InChI=1S/C19H20N6OS/c26-18(25-11-9-24(10-12-25)17-5-7-20-8-6-17)16-3-1-15(2-4-16)13-27-19-21-14-22-23-19/h1-8,14H,9-13H2,(H,21,22,23). The van der Waals surface area contributed by atoms with E-state index in [1.807, 2.05) is 41.3 Å². The molecule has 4 rings (SSSR count). The molecule has 0 unspecified atom stereocenters. The molecule has 0 aliphatic carbocycles. The van der Waals surface area contributed by atoms with E-state index in [0.29, 0.717) is 0 Å². The third-order valence-corrected chi connectivity index (χ3v) is 5.51. The summed E-state index contributed by atoms with van der Waals surface area (Å²) < 4.78 is 0. The molecule has 2 aromatic heterocycles. The molecule has 1 aliphatic rings. The zero-order valence-corrected chi connectivity index (χ0v) is 15.6. The lowest BCUT2D eigenvalue weighted by Crippen LogP contribution is -2.48. The number of piperazine rings is 1. The monoisotopic (exact) mass is 380 g/mol. The van der Waals surface area contributed by atoms with Crippen molar-refractivity contribution >= 4 is 23.4 Å². The van der Waals surface area contributed by atoms with Crippen LogP contribution in [-0.2, 0) is 5.75 Å². The normalized spacial score (nSPS) is 14.4. The van der Waals surface area contributed by atoms with Crippen LogP contribution in [0.2, 0.25) is 0 Å². The molecule has 1 aromatic carbocycles. The Kier molecular flexibility index (Phi) is 5.34. The number of rotatable bonds is 5. The first-order valence-electron chi connectivity index (χ1n) is 8.81. The first kappa shape index (κ1) is 17.5. The Balaban J connectivity index is 1.32. The van der Waals surface area contributed by atoms with E-state index in [1.54, 1.807) is 24.2 Å². The number of aromatic nitrogens is 4. The lowest BCUT2D eigenvalue weighted by molar-refractivity contribution is 0.0747. The highest BCUT2D eigenvalue weighted by molar-refractivity contribution is 7.98. The van der Waals surface area contributed by atoms with E-state index in [1.165, 1.54) is 6.33 Å². The Labute approximate surface area is 161 Å². The van der Waals surface area contributed by atoms with E-state index >= 15 is 0 Å². The van der Waals surface area contributed by atoms with Crippen molar-refractivity contribution in [3.63, 3.8) is 0 Å². The fourth-order valence-corrected chi connectivity index (χ4v) is 3.80. The average Bonchev–Trinajstić information content (AvgIpc) is 3.27.